The summed E-state index contributed by atoms with van der Waals surface area (Å²) >= 11 is 0. The number of nitrogens with zero attached hydrogens (tertiary/aromatic N) is 2. The van der Waals surface area contributed by atoms with Gasteiger partial charge in [0.1, 0.15) is 5.75 Å². The number of benzene rings is 1. The SMILES string of the molecule is [C-]#[N+]c1cc(OC)c2c3c([nH]c2c1)[C@@H]1C[C@H](/C(=C\C)C(=O)OC)[C@H](CC)CN1CC3. The summed E-state index contributed by atoms with van der Waals surface area (Å²) in [6, 6.07) is 3.95. The molecule has 0 spiro atoms. The van der Waals surface area contributed by atoms with Crippen molar-refractivity contribution in [3.8, 4) is 5.75 Å². The molecule has 3 heterocycles. The number of carbonyl (C=O) groups excluding carboxylic acids is 1. The zero-order chi connectivity index (χ0) is 21.4. The number of nitrogens with one attached hydrogen (secondary N) is 1. The molecule has 30 heavy (non-hydrogen) atoms. The average molecular weight is 408 g/mol. The van der Waals surface area contributed by atoms with Gasteiger partial charge in [-0.15, -0.1) is 0 Å². The van der Waals surface area contributed by atoms with Gasteiger partial charge < -0.3 is 14.5 Å². The Morgan fingerprint density at radius 3 is 2.83 bits per heavy atom. The van der Waals surface area contributed by atoms with Crippen molar-refractivity contribution in [3.63, 3.8) is 0 Å². The van der Waals surface area contributed by atoms with E-state index >= 15 is 0 Å². The standard InChI is InChI=1S/C24H29N3O3/c1-6-14-13-27-9-8-17-22-19(10-15(25-3)11-21(22)29-4)26-23(17)20(27)12-18(14)16(7-2)24(28)30-5/h7,10-11,14,18,20,26H,6,8-9,12-13H2,1-2,4-5H3/b16-7+/t14-,18+,20+/m1/s1. The molecule has 6 heteroatoms. The molecule has 1 N–H and O–H groups in total. The monoisotopic (exact) mass is 407 g/mol. The van der Waals surface area contributed by atoms with E-state index in [2.05, 4.69) is 21.7 Å². The van der Waals surface area contributed by atoms with Crippen LogP contribution in [0.1, 0.15) is 44.0 Å². The lowest BCUT2D eigenvalue weighted by molar-refractivity contribution is -0.137. The van der Waals surface area contributed by atoms with Crippen LogP contribution < -0.4 is 4.74 Å². The van der Waals surface area contributed by atoms with Crippen LogP contribution >= 0.6 is 0 Å². The predicted octanol–water partition coefficient (Wildman–Crippen LogP) is 4.79. The number of piperidine rings is 1. The number of hydrogen-bond acceptors (Lipinski definition) is 4. The molecule has 0 aliphatic carbocycles. The van der Waals surface area contributed by atoms with Crippen LogP contribution in [0.2, 0.25) is 0 Å². The second-order valence-electron chi connectivity index (χ2n) is 8.21. The molecule has 0 radical (unpaired) electrons. The van der Waals surface area contributed by atoms with E-state index in [0.717, 1.165) is 54.6 Å². The topological polar surface area (TPSA) is 58.9 Å². The Balaban J connectivity index is 1.79. The van der Waals surface area contributed by atoms with E-state index in [9.17, 15) is 4.79 Å². The molecule has 1 aromatic heterocycles. The van der Waals surface area contributed by atoms with Crippen molar-refractivity contribution < 1.29 is 14.3 Å². The number of hydrogen-bond donors (Lipinski definition) is 1. The van der Waals surface area contributed by atoms with Crippen LogP contribution in [0.5, 0.6) is 5.75 Å². The van der Waals surface area contributed by atoms with E-state index in [4.69, 9.17) is 16.0 Å². The number of aromatic amines is 1. The van der Waals surface area contributed by atoms with Gasteiger partial charge in [-0.1, -0.05) is 19.4 Å². The first-order valence-electron chi connectivity index (χ1n) is 10.6. The molecule has 1 saturated heterocycles. The fourth-order valence-corrected chi connectivity index (χ4v) is 5.47. The molecule has 0 amide bonds. The molecule has 2 aromatic rings. The van der Waals surface area contributed by atoms with Crippen LogP contribution in [0.15, 0.2) is 23.8 Å². The summed E-state index contributed by atoms with van der Waals surface area (Å²) in [7, 11) is 3.12. The Hall–Kier alpha value is -2.78. The number of allylic oxidation sites excluding steroid dienone is 1. The summed E-state index contributed by atoms with van der Waals surface area (Å²) in [5.74, 6) is 1.14. The lowest BCUT2D eigenvalue weighted by Crippen LogP contribution is -2.46. The molecular formula is C24H29N3O3. The number of methoxy groups -OCH3 is 2. The van der Waals surface area contributed by atoms with Gasteiger partial charge >= 0.3 is 5.97 Å². The minimum atomic E-state index is -0.217. The van der Waals surface area contributed by atoms with Crippen LogP contribution in [-0.4, -0.2) is 43.2 Å². The van der Waals surface area contributed by atoms with Crippen molar-refractivity contribution >= 4 is 22.6 Å². The Labute approximate surface area is 177 Å². The Bertz CT molecular complexity index is 1050. The molecule has 0 bridgehead atoms. The summed E-state index contributed by atoms with van der Waals surface area (Å²) in [6.07, 6.45) is 4.79. The summed E-state index contributed by atoms with van der Waals surface area (Å²) in [6.45, 7) is 13.5. The van der Waals surface area contributed by atoms with Crippen LogP contribution in [0, 0.1) is 18.4 Å². The van der Waals surface area contributed by atoms with Gasteiger partial charge in [-0.2, -0.15) is 0 Å². The third kappa shape index (κ3) is 3.18. The van der Waals surface area contributed by atoms with Gasteiger partial charge in [0, 0.05) is 35.3 Å². The minimum Gasteiger partial charge on any atom is -0.497 e. The summed E-state index contributed by atoms with van der Waals surface area (Å²) in [4.78, 5) is 22.2. The number of carbonyl (C=O) groups is 1. The van der Waals surface area contributed by atoms with Gasteiger partial charge in [0.15, 0.2) is 5.69 Å². The smallest absolute Gasteiger partial charge is 0.333 e. The molecule has 1 aromatic carbocycles. The highest BCUT2D eigenvalue weighted by Crippen LogP contribution is 2.47. The van der Waals surface area contributed by atoms with E-state index in [1.807, 2.05) is 25.1 Å². The first kappa shape index (κ1) is 20.5. The highest BCUT2D eigenvalue weighted by molar-refractivity contribution is 5.94. The largest absolute Gasteiger partial charge is 0.497 e. The highest BCUT2D eigenvalue weighted by atomic mass is 16.5. The number of esters is 1. The second-order valence-corrected chi connectivity index (χ2v) is 8.21. The first-order chi connectivity index (χ1) is 14.6. The Morgan fingerprint density at radius 1 is 1.40 bits per heavy atom. The van der Waals surface area contributed by atoms with E-state index in [1.165, 1.54) is 18.4 Å². The Kier molecular flexibility index (Phi) is 5.57. The zero-order valence-electron chi connectivity index (χ0n) is 18.1. The number of ether oxygens (including phenoxy) is 2. The minimum absolute atomic E-state index is 0.173. The average Bonchev–Trinajstić information content (AvgIpc) is 3.17. The van der Waals surface area contributed by atoms with Gasteiger partial charge in [0.2, 0.25) is 0 Å². The molecule has 4 rings (SSSR count). The fraction of sp³-hybridized carbons (Fsp3) is 0.500. The van der Waals surface area contributed by atoms with E-state index in [-0.39, 0.29) is 17.9 Å². The van der Waals surface area contributed by atoms with Gasteiger partial charge in [-0.3, -0.25) is 4.90 Å². The molecular weight excluding hydrogens is 378 g/mol. The molecule has 1 fully saturated rings. The van der Waals surface area contributed by atoms with E-state index in [1.54, 1.807) is 7.11 Å². The molecule has 2 aliphatic rings. The third-order valence-corrected chi connectivity index (χ3v) is 6.93. The van der Waals surface area contributed by atoms with Crippen molar-refractivity contribution in [2.24, 2.45) is 11.8 Å². The van der Waals surface area contributed by atoms with E-state index < -0.39 is 0 Å². The summed E-state index contributed by atoms with van der Waals surface area (Å²) < 4.78 is 10.7. The molecule has 158 valence electrons. The first-order valence-corrected chi connectivity index (χ1v) is 10.6. The fourth-order valence-electron chi connectivity index (χ4n) is 5.47. The molecule has 3 atom stereocenters. The van der Waals surface area contributed by atoms with Gasteiger partial charge in [0.25, 0.3) is 0 Å². The van der Waals surface area contributed by atoms with Crippen LogP contribution in [0.3, 0.4) is 0 Å². The number of H-pyrrole nitrogens is 1. The van der Waals surface area contributed by atoms with Gasteiger partial charge in [-0.25, -0.2) is 9.64 Å². The lowest BCUT2D eigenvalue weighted by atomic mass is 9.73. The van der Waals surface area contributed by atoms with Crippen LogP contribution in [-0.2, 0) is 16.0 Å². The van der Waals surface area contributed by atoms with Crippen molar-refractivity contribution in [2.45, 2.75) is 39.2 Å². The number of aromatic nitrogens is 1. The maximum absolute atomic E-state index is 12.4. The van der Waals surface area contributed by atoms with Crippen molar-refractivity contribution in [1.82, 2.24) is 9.88 Å². The predicted molar refractivity (Wildman–Crippen MR) is 117 cm³/mol. The molecule has 0 unspecified atom stereocenters. The third-order valence-electron chi connectivity index (χ3n) is 6.93. The number of rotatable bonds is 4. The maximum atomic E-state index is 12.4. The van der Waals surface area contributed by atoms with Crippen LogP contribution in [0.4, 0.5) is 5.69 Å². The summed E-state index contributed by atoms with van der Waals surface area (Å²) in [5, 5.41) is 1.09. The van der Waals surface area contributed by atoms with E-state index in [0.29, 0.717) is 11.6 Å². The van der Waals surface area contributed by atoms with Crippen molar-refractivity contribution in [3.05, 3.63) is 46.5 Å². The quantitative estimate of drug-likeness (QED) is 0.450. The van der Waals surface area contributed by atoms with Crippen molar-refractivity contribution in [2.75, 3.05) is 27.3 Å². The normalized spacial score (nSPS) is 24.1. The second kappa shape index (κ2) is 8.16. The highest BCUT2D eigenvalue weighted by Gasteiger charge is 2.42. The van der Waals surface area contributed by atoms with Crippen LogP contribution in [0.25, 0.3) is 15.7 Å². The maximum Gasteiger partial charge on any atom is 0.333 e. The summed E-state index contributed by atoms with van der Waals surface area (Å²) in [5.41, 5.74) is 4.81. The number of fused-ring (bicyclic) bond motifs is 5. The van der Waals surface area contributed by atoms with Gasteiger partial charge in [-0.05, 0) is 49.3 Å². The zero-order valence-corrected chi connectivity index (χ0v) is 18.1. The molecule has 0 saturated carbocycles. The molecule has 6 nitrogen and oxygen atoms in total. The van der Waals surface area contributed by atoms with Gasteiger partial charge in [0.05, 0.1) is 26.8 Å². The lowest BCUT2D eigenvalue weighted by Gasteiger charge is -2.46. The van der Waals surface area contributed by atoms with Crippen molar-refractivity contribution in [1.29, 1.82) is 0 Å². The molecule has 2 aliphatic heterocycles. The Morgan fingerprint density at radius 2 is 2.20 bits per heavy atom.